The van der Waals surface area contributed by atoms with Crippen molar-refractivity contribution < 1.29 is 17.1 Å². The Hall–Kier alpha value is -3.49. The predicted molar refractivity (Wildman–Crippen MR) is 259 cm³/mol. The summed E-state index contributed by atoms with van der Waals surface area (Å²) in [5.41, 5.74) is 0. The fourth-order valence-electron chi connectivity index (χ4n) is 8.18. The van der Waals surface area contributed by atoms with Crippen molar-refractivity contribution in [2.75, 3.05) is 0 Å². The molecule has 58 heavy (non-hydrogen) atoms. The third kappa shape index (κ3) is 7.48. The third-order valence-corrected chi connectivity index (χ3v) is 48.9. The third-order valence-electron chi connectivity index (χ3n) is 10.7. The summed E-state index contributed by atoms with van der Waals surface area (Å²) < 4.78 is 2.67. The van der Waals surface area contributed by atoms with Gasteiger partial charge in [0.1, 0.15) is 0 Å². The summed E-state index contributed by atoms with van der Waals surface area (Å²) in [6.07, 6.45) is 0. The van der Waals surface area contributed by atoms with Gasteiger partial charge in [-0.05, 0) is 0 Å². The molecule has 0 nitrogen and oxygen atoms in total. The fraction of sp³-hybridized carbons (Fsp3) is 0.0769. The van der Waals surface area contributed by atoms with Crippen molar-refractivity contribution in [1.82, 2.24) is 0 Å². The summed E-state index contributed by atoms with van der Waals surface area (Å²) in [7, 11) is -2.56. The SMILES string of the molecule is Cl.c1ccc(P(c2ccccc2)[C@H]2[C@H](P(c3ccccc3)c3ccccc3)[Au]23[C@@H](P(c2ccccc2)c2ccccc2)[C@H]3P(c2ccccc2)c2ccccc2)cc1. The minimum absolute atomic E-state index is 0. The van der Waals surface area contributed by atoms with Gasteiger partial charge in [-0.25, -0.2) is 0 Å². The molecule has 2 heterocycles. The van der Waals surface area contributed by atoms with Crippen molar-refractivity contribution in [2.24, 2.45) is 0 Å². The Kier molecular flexibility index (Phi) is 12.4. The van der Waals surface area contributed by atoms with E-state index in [1.807, 2.05) is 0 Å². The molecule has 0 aliphatic carbocycles. The van der Waals surface area contributed by atoms with Crippen molar-refractivity contribution in [3.8, 4) is 0 Å². The van der Waals surface area contributed by atoms with Crippen LogP contribution in [0.15, 0.2) is 243 Å². The van der Waals surface area contributed by atoms with E-state index in [0.29, 0.717) is 15.5 Å². The van der Waals surface area contributed by atoms with E-state index in [0.717, 1.165) is 0 Å². The first kappa shape index (κ1) is 39.9. The van der Waals surface area contributed by atoms with E-state index >= 15 is 0 Å². The van der Waals surface area contributed by atoms with E-state index < -0.39 is 48.8 Å². The first-order valence-corrected chi connectivity index (χ1v) is 30.1. The Morgan fingerprint density at radius 3 is 0.448 bits per heavy atom. The van der Waals surface area contributed by atoms with Crippen LogP contribution in [0, 0.1) is 0 Å². The molecule has 0 amide bonds. The standard InChI is InChI=1S/2C26H22P2.Au.ClH/c2*1-5-13-23(14-6-1)27(24-15-7-2-8-16-24)21-22-28(25-17-9-3-10-18-25)26-19-11-4-12-20-26;;/h2*1-22H;;1H. The van der Waals surface area contributed by atoms with E-state index in [1.54, 1.807) is 42.4 Å². The fourth-order valence-corrected chi connectivity index (χ4v) is 68.8. The zero-order valence-electron chi connectivity index (χ0n) is 31.9. The number of hydrogen-bond donors (Lipinski definition) is 0. The minimum atomic E-state index is -2.81. The molecule has 2 saturated heterocycles. The Bertz CT molecular complexity index is 1980. The summed E-state index contributed by atoms with van der Waals surface area (Å²) in [6, 6.07) is 93.9. The molecule has 10 rings (SSSR count). The van der Waals surface area contributed by atoms with Gasteiger partial charge in [-0.2, -0.15) is 0 Å². The van der Waals surface area contributed by atoms with E-state index in [-0.39, 0.29) is 12.4 Å². The van der Waals surface area contributed by atoms with Gasteiger partial charge in [-0.15, -0.1) is 12.4 Å². The molecule has 0 radical (unpaired) electrons. The van der Waals surface area contributed by atoms with Crippen molar-refractivity contribution in [1.29, 1.82) is 0 Å². The molecule has 0 unspecified atom stereocenters. The number of benzene rings is 8. The van der Waals surface area contributed by atoms with Gasteiger partial charge in [-0.3, -0.25) is 0 Å². The van der Waals surface area contributed by atoms with E-state index in [2.05, 4.69) is 243 Å². The van der Waals surface area contributed by atoms with Gasteiger partial charge in [0.25, 0.3) is 0 Å². The molecule has 4 atom stereocenters. The van der Waals surface area contributed by atoms with E-state index in [4.69, 9.17) is 0 Å². The molecule has 0 N–H and O–H groups in total. The topological polar surface area (TPSA) is 0 Å². The number of rotatable bonds is 12. The summed E-state index contributed by atoms with van der Waals surface area (Å²) in [5, 5.41) is 12.3. The van der Waals surface area contributed by atoms with Gasteiger partial charge in [0.05, 0.1) is 0 Å². The molecule has 0 bridgehead atoms. The Morgan fingerprint density at radius 2 is 0.328 bits per heavy atom. The van der Waals surface area contributed by atoms with Crippen LogP contribution in [0.3, 0.4) is 0 Å². The van der Waals surface area contributed by atoms with Crippen LogP contribution in [0.4, 0.5) is 0 Å². The molecule has 2 aliphatic rings. The van der Waals surface area contributed by atoms with Crippen LogP contribution in [0.1, 0.15) is 0 Å². The number of hydrogen-bond acceptors (Lipinski definition) is 0. The molecule has 1 spiro atoms. The monoisotopic (exact) mass is 1030 g/mol. The molecular formula is C52H45AuClP4. The summed E-state index contributed by atoms with van der Waals surface area (Å²) in [4.78, 5) is 0. The van der Waals surface area contributed by atoms with Crippen molar-refractivity contribution in [3.63, 3.8) is 0 Å². The molecule has 6 heteroatoms. The zero-order valence-corrected chi connectivity index (χ0v) is 38.5. The molecular weight excluding hydrogens is 981 g/mol. The molecule has 2 aliphatic heterocycles. The first-order valence-electron chi connectivity index (χ1n) is 19.5. The van der Waals surface area contributed by atoms with Crippen LogP contribution in [-0.4, -0.2) is 15.5 Å². The summed E-state index contributed by atoms with van der Waals surface area (Å²) >= 11 is -2.81. The zero-order chi connectivity index (χ0) is 38.0. The predicted octanol–water partition coefficient (Wildman–Crippen LogP) is 10.4. The quantitative estimate of drug-likeness (QED) is 0.0845. The van der Waals surface area contributed by atoms with Gasteiger partial charge in [-0.1, -0.05) is 0 Å². The molecule has 291 valence electrons. The van der Waals surface area contributed by atoms with Crippen LogP contribution in [0.25, 0.3) is 0 Å². The van der Waals surface area contributed by atoms with Crippen LogP contribution in [0.2, 0.25) is 0 Å². The molecule has 0 saturated carbocycles. The summed E-state index contributed by atoms with van der Waals surface area (Å²) in [6.45, 7) is 0. The van der Waals surface area contributed by atoms with Crippen molar-refractivity contribution >= 4 is 86.5 Å². The summed E-state index contributed by atoms with van der Waals surface area (Å²) in [5.74, 6) is 0. The van der Waals surface area contributed by atoms with Gasteiger partial charge >= 0.3 is 349 Å². The second kappa shape index (κ2) is 18.0. The second-order valence-electron chi connectivity index (χ2n) is 14.1. The molecule has 8 aromatic carbocycles. The van der Waals surface area contributed by atoms with Crippen molar-refractivity contribution in [2.45, 2.75) is 15.5 Å². The average Bonchev–Trinajstić information content (AvgIpc) is 4.16. The average molecular weight is 1030 g/mol. The van der Waals surface area contributed by atoms with Crippen molar-refractivity contribution in [3.05, 3.63) is 243 Å². The Balaban J connectivity index is 0.00000436. The second-order valence-corrected chi connectivity index (χ2v) is 36.9. The van der Waals surface area contributed by atoms with Crippen LogP contribution in [0.5, 0.6) is 0 Å². The maximum absolute atomic E-state index is 2.81. The van der Waals surface area contributed by atoms with E-state index in [9.17, 15) is 0 Å². The number of halogens is 1. The molecule has 8 aromatic rings. The Labute approximate surface area is 359 Å². The molecule has 0 aromatic heterocycles. The van der Waals surface area contributed by atoms with Crippen LogP contribution >= 0.6 is 44.1 Å². The van der Waals surface area contributed by atoms with Gasteiger partial charge < -0.3 is 0 Å². The van der Waals surface area contributed by atoms with Gasteiger partial charge in [0, 0.05) is 0 Å². The van der Waals surface area contributed by atoms with Gasteiger partial charge in [0.2, 0.25) is 0 Å². The first-order chi connectivity index (χ1) is 28.4. The Morgan fingerprint density at radius 1 is 0.207 bits per heavy atom. The van der Waals surface area contributed by atoms with Crippen LogP contribution < -0.4 is 42.4 Å². The van der Waals surface area contributed by atoms with Crippen LogP contribution in [-0.2, 0) is 17.1 Å². The normalized spacial score (nSPS) is 21.7. The molecule has 2 fully saturated rings. The van der Waals surface area contributed by atoms with E-state index in [1.165, 1.54) is 0 Å². The van der Waals surface area contributed by atoms with Gasteiger partial charge in [0.15, 0.2) is 0 Å². The maximum atomic E-state index is 2.47.